The lowest BCUT2D eigenvalue weighted by atomic mass is 9.89. The van der Waals surface area contributed by atoms with E-state index in [0.717, 1.165) is 6.42 Å². The smallest absolute Gasteiger partial charge is 0.248 e. The van der Waals surface area contributed by atoms with Crippen molar-refractivity contribution in [3.8, 4) is 0 Å². The van der Waals surface area contributed by atoms with E-state index in [0.29, 0.717) is 18.9 Å². The molecular weight excluding hydrogens is 170 g/mol. The first-order valence-corrected chi connectivity index (χ1v) is 4.46. The highest BCUT2D eigenvalue weighted by Gasteiger charge is 2.46. The first-order valence-electron chi connectivity index (χ1n) is 4.46. The van der Waals surface area contributed by atoms with Gasteiger partial charge in [0.1, 0.15) is 5.71 Å². The number of hydrogen-bond acceptors (Lipinski definition) is 4. The van der Waals surface area contributed by atoms with Crippen molar-refractivity contribution in [2.45, 2.75) is 26.4 Å². The van der Waals surface area contributed by atoms with Crippen LogP contribution < -0.4 is 0 Å². The summed E-state index contributed by atoms with van der Waals surface area (Å²) in [7, 11) is 0. The summed E-state index contributed by atoms with van der Waals surface area (Å²) in [4.78, 5) is 26.0. The lowest BCUT2D eigenvalue weighted by molar-refractivity contribution is -0.142. The average molecular weight is 183 g/mol. The van der Waals surface area contributed by atoms with Crippen LogP contribution in [0.25, 0.3) is 0 Å². The fraction of sp³-hybridized carbons (Fsp3) is 0.667. The van der Waals surface area contributed by atoms with Crippen molar-refractivity contribution in [3.05, 3.63) is 0 Å². The molecule has 13 heavy (non-hydrogen) atoms. The highest BCUT2D eigenvalue weighted by Crippen LogP contribution is 2.12. The third-order valence-electron chi connectivity index (χ3n) is 1.78. The number of Topliss-reactive ketones (excluding diaryl/α,β-unsaturated/α-hetero) is 2. The molecule has 72 valence electrons. The molecule has 0 radical (unpaired) electrons. The number of carbonyl (C=O) groups excluding carboxylic acids is 2. The van der Waals surface area contributed by atoms with Gasteiger partial charge >= 0.3 is 0 Å². The van der Waals surface area contributed by atoms with Crippen LogP contribution in [-0.2, 0) is 14.3 Å². The summed E-state index contributed by atoms with van der Waals surface area (Å²) in [6.07, 6.45) is 0.188. The first kappa shape index (κ1) is 10.1. The normalized spacial score (nSPS) is 25.1. The molecule has 4 nitrogen and oxygen atoms in total. The van der Waals surface area contributed by atoms with Gasteiger partial charge in [-0.05, 0) is 13.3 Å². The molecule has 1 saturated carbocycles. The number of hydrogen-bond donors (Lipinski definition) is 0. The fourth-order valence-electron chi connectivity index (χ4n) is 1.12. The van der Waals surface area contributed by atoms with Gasteiger partial charge in [-0.2, -0.15) is 0 Å². The van der Waals surface area contributed by atoms with Crippen molar-refractivity contribution < 1.29 is 14.3 Å². The largest absolute Gasteiger partial charge is 0.364 e. The molecular formula is C9H13NO3. The Hall–Kier alpha value is -1.03. The van der Waals surface area contributed by atoms with Gasteiger partial charge in [0.25, 0.3) is 0 Å². The Morgan fingerprint density at radius 1 is 1.38 bits per heavy atom. The zero-order valence-electron chi connectivity index (χ0n) is 7.87. The van der Waals surface area contributed by atoms with E-state index in [-0.39, 0.29) is 0 Å². The van der Waals surface area contributed by atoms with Crippen LogP contribution in [0.3, 0.4) is 0 Å². The van der Waals surface area contributed by atoms with Crippen LogP contribution in [-0.4, -0.2) is 36.5 Å². The molecule has 0 heterocycles. The van der Waals surface area contributed by atoms with Gasteiger partial charge in [-0.15, -0.1) is 0 Å². The van der Waals surface area contributed by atoms with Gasteiger partial charge in [0.05, 0.1) is 0 Å². The molecule has 0 N–H and O–H groups in total. The molecule has 4 heteroatoms. The number of ether oxygens (including phenoxy) is 1. The van der Waals surface area contributed by atoms with E-state index in [1.165, 1.54) is 0 Å². The second-order valence-electron chi connectivity index (χ2n) is 2.80. The summed E-state index contributed by atoms with van der Waals surface area (Å²) in [5.41, 5.74) is 0.300. The standard InChI is InChI=1S/C9H13NO3/c1-3-5-10-6-7(11)8(12)9(6)13-4-2/h9H,3-5H2,1-2H3. The van der Waals surface area contributed by atoms with Crippen LogP contribution in [0.1, 0.15) is 20.3 Å². The minimum atomic E-state index is -0.677. The van der Waals surface area contributed by atoms with Gasteiger partial charge in [-0.1, -0.05) is 6.92 Å². The molecule has 0 saturated heterocycles. The van der Waals surface area contributed by atoms with Crippen LogP contribution in [0, 0.1) is 0 Å². The Bertz CT molecular complexity index is 258. The maximum Gasteiger partial charge on any atom is 0.248 e. The summed E-state index contributed by atoms with van der Waals surface area (Å²) in [5, 5.41) is 0. The number of carbonyl (C=O) groups is 2. The molecule has 1 aliphatic carbocycles. The molecule has 0 aromatic carbocycles. The third kappa shape index (κ3) is 1.83. The van der Waals surface area contributed by atoms with E-state index in [1.807, 2.05) is 6.92 Å². The zero-order chi connectivity index (χ0) is 9.84. The molecule has 0 bridgehead atoms. The van der Waals surface area contributed by atoms with Gasteiger partial charge in [-0.25, -0.2) is 0 Å². The summed E-state index contributed by atoms with van der Waals surface area (Å²) < 4.78 is 5.07. The molecule has 0 aromatic rings. The fourth-order valence-corrected chi connectivity index (χ4v) is 1.12. The quantitative estimate of drug-likeness (QED) is 0.592. The minimum absolute atomic E-state index is 0.300. The SMILES string of the molecule is CCCN=C1C(=O)C(=O)C1OCC. The monoisotopic (exact) mass is 183 g/mol. The summed E-state index contributed by atoms with van der Waals surface area (Å²) >= 11 is 0. The van der Waals surface area contributed by atoms with E-state index < -0.39 is 17.7 Å². The number of nitrogens with zero attached hydrogens (tertiary/aromatic N) is 1. The molecule has 0 aromatic heterocycles. The van der Waals surface area contributed by atoms with Crippen molar-refractivity contribution >= 4 is 17.3 Å². The number of aliphatic imine (C=N–C) groups is 1. The lowest BCUT2D eigenvalue weighted by Crippen LogP contribution is -2.55. The molecule has 0 amide bonds. The highest BCUT2D eigenvalue weighted by atomic mass is 16.5. The topological polar surface area (TPSA) is 55.7 Å². The molecule has 1 unspecified atom stereocenters. The van der Waals surface area contributed by atoms with Gasteiger partial charge in [0.15, 0.2) is 6.10 Å². The minimum Gasteiger partial charge on any atom is -0.364 e. The zero-order valence-corrected chi connectivity index (χ0v) is 7.87. The lowest BCUT2D eigenvalue weighted by Gasteiger charge is -2.24. The van der Waals surface area contributed by atoms with E-state index in [9.17, 15) is 9.59 Å². The average Bonchev–Trinajstić information content (AvgIpc) is 2.16. The summed E-state index contributed by atoms with van der Waals surface area (Å²) in [6.45, 7) is 4.75. The first-order chi connectivity index (χ1) is 6.22. The summed E-state index contributed by atoms with van der Waals surface area (Å²) in [5.74, 6) is -0.941. The Labute approximate surface area is 77.0 Å². The van der Waals surface area contributed by atoms with E-state index in [1.54, 1.807) is 6.92 Å². The summed E-state index contributed by atoms with van der Waals surface area (Å²) in [6, 6.07) is 0. The number of rotatable bonds is 4. The van der Waals surface area contributed by atoms with Gasteiger partial charge in [-0.3, -0.25) is 14.6 Å². The molecule has 1 aliphatic rings. The Kier molecular flexibility index (Phi) is 3.31. The molecule has 0 aliphatic heterocycles. The van der Waals surface area contributed by atoms with E-state index in [2.05, 4.69) is 4.99 Å². The van der Waals surface area contributed by atoms with Crippen molar-refractivity contribution in [2.75, 3.05) is 13.2 Å². The van der Waals surface area contributed by atoms with Gasteiger partial charge < -0.3 is 4.74 Å². The second kappa shape index (κ2) is 4.28. The van der Waals surface area contributed by atoms with Crippen molar-refractivity contribution in [3.63, 3.8) is 0 Å². The van der Waals surface area contributed by atoms with Gasteiger partial charge in [0, 0.05) is 13.2 Å². The predicted octanol–water partition coefficient (Wildman–Crippen LogP) is 0.394. The van der Waals surface area contributed by atoms with Crippen molar-refractivity contribution in [2.24, 2.45) is 4.99 Å². The highest BCUT2D eigenvalue weighted by molar-refractivity contribution is 6.79. The maximum absolute atomic E-state index is 11.0. The van der Waals surface area contributed by atoms with Crippen molar-refractivity contribution in [1.29, 1.82) is 0 Å². The molecule has 1 rings (SSSR count). The van der Waals surface area contributed by atoms with Crippen LogP contribution in [0.2, 0.25) is 0 Å². The van der Waals surface area contributed by atoms with E-state index in [4.69, 9.17) is 4.74 Å². The van der Waals surface area contributed by atoms with E-state index >= 15 is 0 Å². The van der Waals surface area contributed by atoms with Crippen LogP contribution >= 0.6 is 0 Å². The number of ketones is 2. The maximum atomic E-state index is 11.0. The Morgan fingerprint density at radius 3 is 2.62 bits per heavy atom. The molecule has 0 spiro atoms. The molecule has 1 fully saturated rings. The van der Waals surface area contributed by atoms with Crippen LogP contribution in [0.15, 0.2) is 4.99 Å². The van der Waals surface area contributed by atoms with Crippen LogP contribution in [0.5, 0.6) is 0 Å². The van der Waals surface area contributed by atoms with Crippen molar-refractivity contribution in [1.82, 2.24) is 0 Å². The predicted molar refractivity (Wildman–Crippen MR) is 48.0 cm³/mol. The van der Waals surface area contributed by atoms with Gasteiger partial charge in [0.2, 0.25) is 11.6 Å². The Morgan fingerprint density at radius 2 is 2.08 bits per heavy atom. The van der Waals surface area contributed by atoms with Crippen LogP contribution in [0.4, 0.5) is 0 Å². The third-order valence-corrected chi connectivity index (χ3v) is 1.78. The Balaban J connectivity index is 2.62. The second-order valence-corrected chi connectivity index (χ2v) is 2.80. The molecule has 1 atom stereocenters.